The zero-order chi connectivity index (χ0) is 11.6. The van der Waals surface area contributed by atoms with Gasteiger partial charge in [0.25, 0.3) is 0 Å². The van der Waals surface area contributed by atoms with Gasteiger partial charge in [-0.3, -0.25) is 0 Å². The summed E-state index contributed by atoms with van der Waals surface area (Å²) >= 11 is 11.6. The number of phenolic OH excluding ortho intramolecular Hbond substituents is 1. The van der Waals surface area contributed by atoms with Crippen LogP contribution in [0.15, 0.2) is 12.1 Å². The minimum absolute atomic E-state index is 0.0415. The van der Waals surface area contributed by atoms with Crippen LogP contribution in [0.1, 0.15) is 32.4 Å². The van der Waals surface area contributed by atoms with Crippen molar-refractivity contribution in [2.75, 3.05) is 0 Å². The summed E-state index contributed by atoms with van der Waals surface area (Å²) in [5, 5.41) is 13.7. The average molecular weight is 248 g/mol. The van der Waals surface area contributed by atoms with Crippen LogP contribution in [-0.2, 0) is 0 Å². The number of hydrogen-bond donors (Lipinski definition) is 2. The number of rotatable bonds is 3. The lowest BCUT2D eigenvalue weighted by Gasteiger charge is -2.19. The van der Waals surface area contributed by atoms with E-state index in [1.54, 1.807) is 12.1 Å². The lowest BCUT2D eigenvalue weighted by Crippen LogP contribution is -2.26. The first-order chi connectivity index (χ1) is 6.93. The standard InChI is InChI=1S/C11H15Cl2NO/c1-6(2)14-7(3)8-4-5-9(12)10(13)11(8)15/h4-7,14-15H,1-3H3. The molecule has 4 heteroatoms. The monoisotopic (exact) mass is 247 g/mol. The van der Waals surface area contributed by atoms with E-state index in [9.17, 15) is 5.11 Å². The van der Waals surface area contributed by atoms with Crippen molar-refractivity contribution >= 4 is 23.2 Å². The van der Waals surface area contributed by atoms with E-state index >= 15 is 0 Å². The Bertz CT molecular complexity index is 353. The molecule has 15 heavy (non-hydrogen) atoms. The zero-order valence-electron chi connectivity index (χ0n) is 9.01. The van der Waals surface area contributed by atoms with E-state index in [2.05, 4.69) is 5.32 Å². The maximum Gasteiger partial charge on any atom is 0.140 e. The Morgan fingerprint density at radius 3 is 2.33 bits per heavy atom. The van der Waals surface area contributed by atoms with Crippen molar-refractivity contribution in [2.24, 2.45) is 0 Å². The molecule has 0 aliphatic carbocycles. The van der Waals surface area contributed by atoms with Crippen molar-refractivity contribution in [1.82, 2.24) is 5.32 Å². The quantitative estimate of drug-likeness (QED) is 0.853. The number of benzene rings is 1. The van der Waals surface area contributed by atoms with Gasteiger partial charge < -0.3 is 10.4 Å². The largest absolute Gasteiger partial charge is 0.506 e. The van der Waals surface area contributed by atoms with Gasteiger partial charge in [-0.2, -0.15) is 0 Å². The van der Waals surface area contributed by atoms with Gasteiger partial charge in [-0.1, -0.05) is 43.1 Å². The molecular weight excluding hydrogens is 233 g/mol. The van der Waals surface area contributed by atoms with E-state index < -0.39 is 0 Å². The molecule has 1 aromatic carbocycles. The number of phenols is 1. The SMILES string of the molecule is CC(C)NC(C)c1ccc(Cl)c(Cl)c1O. The van der Waals surface area contributed by atoms with E-state index in [0.717, 1.165) is 5.56 Å². The molecule has 0 aromatic heterocycles. The number of aromatic hydroxyl groups is 1. The van der Waals surface area contributed by atoms with E-state index in [0.29, 0.717) is 11.1 Å². The topological polar surface area (TPSA) is 32.3 Å². The lowest BCUT2D eigenvalue weighted by molar-refractivity contribution is 0.442. The summed E-state index contributed by atoms with van der Waals surface area (Å²) in [5.74, 6) is 0.0600. The molecule has 2 N–H and O–H groups in total. The third kappa shape index (κ3) is 3.00. The number of nitrogens with one attached hydrogen (secondary N) is 1. The predicted molar refractivity (Wildman–Crippen MR) is 64.8 cm³/mol. The van der Waals surface area contributed by atoms with Crippen LogP contribution in [0.3, 0.4) is 0 Å². The first-order valence-corrected chi connectivity index (χ1v) is 5.62. The van der Waals surface area contributed by atoms with Gasteiger partial charge >= 0.3 is 0 Å². The van der Waals surface area contributed by atoms with E-state index in [1.165, 1.54) is 0 Å². The maximum absolute atomic E-state index is 9.81. The second kappa shape index (κ2) is 5.06. The molecular formula is C11H15Cl2NO. The lowest BCUT2D eigenvalue weighted by atomic mass is 10.1. The van der Waals surface area contributed by atoms with Crippen molar-refractivity contribution in [3.8, 4) is 5.75 Å². The van der Waals surface area contributed by atoms with E-state index in [-0.39, 0.29) is 16.8 Å². The zero-order valence-corrected chi connectivity index (χ0v) is 10.5. The molecule has 0 amide bonds. The molecule has 0 radical (unpaired) electrons. The summed E-state index contributed by atoms with van der Waals surface area (Å²) in [6.07, 6.45) is 0. The first-order valence-electron chi connectivity index (χ1n) is 4.86. The molecule has 0 bridgehead atoms. The van der Waals surface area contributed by atoms with Gasteiger partial charge in [-0.15, -0.1) is 0 Å². The van der Waals surface area contributed by atoms with E-state index in [4.69, 9.17) is 23.2 Å². The summed E-state index contributed by atoms with van der Waals surface area (Å²) in [7, 11) is 0. The van der Waals surface area contributed by atoms with Crippen molar-refractivity contribution in [2.45, 2.75) is 32.9 Å². The highest BCUT2D eigenvalue weighted by Gasteiger charge is 2.15. The molecule has 1 unspecified atom stereocenters. The molecule has 0 fully saturated rings. The molecule has 0 aliphatic heterocycles. The second-order valence-corrected chi connectivity index (χ2v) is 4.63. The molecule has 1 atom stereocenters. The summed E-state index contributed by atoms with van der Waals surface area (Å²) in [5.41, 5.74) is 0.762. The summed E-state index contributed by atoms with van der Waals surface area (Å²) < 4.78 is 0. The summed E-state index contributed by atoms with van der Waals surface area (Å²) in [6.45, 7) is 6.06. The fourth-order valence-corrected chi connectivity index (χ4v) is 1.82. The third-order valence-corrected chi connectivity index (χ3v) is 2.94. The molecule has 0 aliphatic rings. The molecule has 1 aromatic rings. The van der Waals surface area contributed by atoms with Crippen molar-refractivity contribution < 1.29 is 5.11 Å². The Morgan fingerprint density at radius 1 is 1.20 bits per heavy atom. The average Bonchev–Trinajstić information content (AvgIpc) is 2.13. The molecule has 0 saturated carbocycles. The molecule has 84 valence electrons. The van der Waals surface area contributed by atoms with Crippen molar-refractivity contribution in [1.29, 1.82) is 0 Å². The van der Waals surface area contributed by atoms with Crippen LogP contribution in [0.25, 0.3) is 0 Å². The van der Waals surface area contributed by atoms with Crippen LogP contribution >= 0.6 is 23.2 Å². The summed E-state index contributed by atoms with van der Waals surface area (Å²) in [4.78, 5) is 0. The van der Waals surface area contributed by atoms with Gasteiger partial charge in [0.1, 0.15) is 10.8 Å². The van der Waals surface area contributed by atoms with Gasteiger partial charge in [0.05, 0.1) is 5.02 Å². The van der Waals surface area contributed by atoms with Crippen LogP contribution in [0.4, 0.5) is 0 Å². The Morgan fingerprint density at radius 2 is 1.80 bits per heavy atom. The van der Waals surface area contributed by atoms with Gasteiger partial charge in [0.2, 0.25) is 0 Å². The highest BCUT2D eigenvalue weighted by Crippen LogP contribution is 2.36. The molecule has 2 nitrogen and oxygen atoms in total. The van der Waals surface area contributed by atoms with Gasteiger partial charge in [0, 0.05) is 17.6 Å². The highest BCUT2D eigenvalue weighted by atomic mass is 35.5. The van der Waals surface area contributed by atoms with Crippen LogP contribution in [0.5, 0.6) is 5.75 Å². The fraction of sp³-hybridized carbons (Fsp3) is 0.455. The van der Waals surface area contributed by atoms with Crippen LogP contribution in [0.2, 0.25) is 10.0 Å². The third-order valence-electron chi connectivity index (χ3n) is 2.15. The molecule has 0 heterocycles. The Labute approximate surface area is 100 Å². The number of hydrogen-bond acceptors (Lipinski definition) is 2. The molecule has 0 spiro atoms. The van der Waals surface area contributed by atoms with Gasteiger partial charge in [-0.05, 0) is 13.0 Å². The maximum atomic E-state index is 9.81. The Balaban J connectivity index is 3.00. The van der Waals surface area contributed by atoms with Crippen LogP contribution < -0.4 is 5.32 Å². The Kier molecular flexibility index (Phi) is 4.26. The predicted octanol–water partition coefficient (Wildman–Crippen LogP) is 3.76. The molecule has 1 rings (SSSR count). The smallest absolute Gasteiger partial charge is 0.140 e. The van der Waals surface area contributed by atoms with Gasteiger partial charge in [0.15, 0.2) is 0 Å². The number of halogens is 2. The van der Waals surface area contributed by atoms with Crippen molar-refractivity contribution in [3.05, 3.63) is 27.7 Å². The highest BCUT2D eigenvalue weighted by molar-refractivity contribution is 6.43. The summed E-state index contributed by atoms with van der Waals surface area (Å²) in [6, 6.07) is 3.86. The van der Waals surface area contributed by atoms with E-state index in [1.807, 2.05) is 20.8 Å². The van der Waals surface area contributed by atoms with Crippen LogP contribution in [0, 0.1) is 0 Å². The minimum atomic E-state index is 0.0415. The normalized spacial score (nSPS) is 13.2. The Hall–Kier alpha value is -0.440. The first kappa shape index (κ1) is 12.6. The second-order valence-electron chi connectivity index (χ2n) is 3.84. The van der Waals surface area contributed by atoms with Crippen LogP contribution in [-0.4, -0.2) is 11.1 Å². The van der Waals surface area contributed by atoms with Crippen molar-refractivity contribution in [3.63, 3.8) is 0 Å². The fourth-order valence-electron chi connectivity index (χ4n) is 1.49. The minimum Gasteiger partial charge on any atom is -0.506 e. The molecule has 0 saturated heterocycles. The van der Waals surface area contributed by atoms with Gasteiger partial charge in [-0.25, -0.2) is 0 Å².